The van der Waals surface area contributed by atoms with E-state index in [0.717, 1.165) is 38.4 Å². The first-order valence-electron chi connectivity index (χ1n) is 12.8. The van der Waals surface area contributed by atoms with Gasteiger partial charge in [-0.05, 0) is 30.5 Å². The Hall–Kier alpha value is -3.47. The minimum atomic E-state index is -0.421. The van der Waals surface area contributed by atoms with Crippen LogP contribution in [-0.2, 0) is 17.8 Å². The fourth-order valence-corrected chi connectivity index (χ4v) is 6.04. The number of hydrogen-bond acceptors (Lipinski definition) is 8. The summed E-state index contributed by atoms with van der Waals surface area (Å²) in [4.78, 5) is 22.8. The van der Waals surface area contributed by atoms with E-state index in [2.05, 4.69) is 54.0 Å². The molecule has 1 aromatic carbocycles. The average molecular weight is 501 g/mol. The first-order valence-corrected chi connectivity index (χ1v) is 12.8. The van der Waals surface area contributed by atoms with Crippen LogP contribution in [0.3, 0.4) is 0 Å². The SMILES string of the molecule is Cc1nc(N)c2nc(-c3cncc(F)c3)n(Cc3ccc(CN4C[C@@H]5C[C@H]4CN5C4COC4)cc3)c2n1. The molecule has 3 aromatic heterocycles. The van der Waals surface area contributed by atoms with Crippen LogP contribution in [-0.4, -0.2) is 78.7 Å². The predicted octanol–water partition coefficient (Wildman–Crippen LogP) is 2.62. The molecule has 3 aliphatic heterocycles. The Balaban J connectivity index is 1.12. The quantitative estimate of drug-likeness (QED) is 0.432. The molecule has 2 N–H and O–H groups in total. The molecule has 2 bridgehead atoms. The van der Waals surface area contributed by atoms with Crippen molar-refractivity contribution in [1.82, 2.24) is 34.3 Å². The molecule has 6 heterocycles. The minimum absolute atomic E-state index is 0.311. The van der Waals surface area contributed by atoms with Crippen LogP contribution in [0.4, 0.5) is 10.2 Å². The molecular weight excluding hydrogens is 471 g/mol. The van der Waals surface area contributed by atoms with Crippen LogP contribution in [0.2, 0.25) is 0 Å². The number of aryl methyl sites for hydroxylation is 1. The minimum Gasteiger partial charge on any atom is -0.382 e. The number of piperazine rings is 1. The van der Waals surface area contributed by atoms with Crippen molar-refractivity contribution >= 4 is 17.0 Å². The molecule has 0 spiro atoms. The number of pyridine rings is 1. The van der Waals surface area contributed by atoms with E-state index in [0.29, 0.717) is 58.9 Å². The molecule has 3 fully saturated rings. The van der Waals surface area contributed by atoms with Gasteiger partial charge in [0, 0.05) is 43.5 Å². The molecule has 10 heteroatoms. The molecule has 3 aliphatic rings. The van der Waals surface area contributed by atoms with E-state index in [1.807, 2.05) is 4.57 Å². The summed E-state index contributed by atoms with van der Waals surface area (Å²) in [7, 11) is 0. The van der Waals surface area contributed by atoms with Crippen LogP contribution >= 0.6 is 0 Å². The lowest BCUT2D eigenvalue weighted by molar-refractivity contribution is -0.0804. The highest BCUT2D eigenvalue weighted by atomic mass is 19.1. The van der Waals surface area contributed by atoms with E-state index in [-0.39, 0.29) is 0 Å². The van der Waals surface area contributed by atoms with Gasteiger partial charge in [-0.15, -0.1) is 0 Å². The number of halogens is 1. The molecule has 0 aliphatic carbocycles. The van der Waals surface area contributed by atoms with Gasteiger partial charge in [0.1, 0.15) is 17.5 Å². The van der Waals surface area contributed by atoms with Gasteiger partial charge >= 0.3 is 0 Å². The normalized spacial score (nSPS) is 22.2. The number of benzene rings is 1. The highest BCUT2D eigenvalue weighted by molar-refractivity contribution is 5.85. The fraction of sp³-hybridized carbons (Fsp3) is 0.407. The van der Waals surface area contributed by atoms with Crippen LogP contribution in [0, 0.1) is 12.7 Å². The summed E-state index contributed by atoms with van der Waals surface area (Å²) in [5.41, 5.74) is 10.3. The first-order chi connectivity index (χ1) is 18.0. The van der Waals surface area contributed by atoms with Gasteiger partial charge in [-0.25, -0.2) is 19.3 Å². The summed E-state index contributed by atoms with van der Waals surface area (Å²) >= 11 is 0. The lowest BCUT2D eigenvalue weighted by atomic mass is 10.1. The van der Waals surface area contributed by atoms with Crippen molar-refractivity contribution in [3.05, 3.63) is 65.5 Å². The van der Waals surface area contributed by atoms with Crippen molar-refractivity contribution in [1.29, 1.82) is 0 Å². The van der Waals surface area contributed by atoms with Gasteiger partial charge in [0.2, 0.25) is 0 Å². The maximum absolute atomic E-state index is 14.0. The Morgan fingerprint density at radius 2 is 1.76 bits per heavy atom. The standard InChI is InChI=1S/C27H29FN8O/c1-16-31-25(29)24-27(32-16)36(26(33-24)19-6-20(28)9-30-8-19)11-18-4-2-17(3-5-18)10-34-12-22-7-21(34)13-35(22)23-14-37-15-23/h2-6,8-9,21-23H,7,10-15H2,1H3,(H2,29,31,32)/t21-,22-/m0/s1. The number of nitrogens with two attached hydrogens (primary N) is 1. The molecule has 0 saturated carbocycles. The largest absolute Gasteiger partial charge is 0.382 e. The topological polar surface area (TPSA) is 98.2 Å². The molecule has 0 unspecified atom stereocenters. The molecular formula is C27H29FN8O. The molecule has 0 radical (unpaired) electrons. The average Bonchev–Trinajstić information content (AvgIpc) is 3.53. The number of hydrogen-bond donors (Lipinski definition) is 1. The van der Waals surface area contributed by atoms with Crippen LogP contribution < -0.4 is 5.73 Å². The van der Waals surface area contributed by atoms with Crippen molar-refractivity contribution in [3.63, 3.8) is 0 Å². The third kappa shape index (κ3) is 4.05. The number of imidazole rings is 1. The van der Waals surface area contributed by atoms with Crippen molar-refractivity contribution in [3.8, 4) is 11.4 Å². The lowest BCUT2D eigenvalue weighted by Crippen LogP contribution is -2.56. The van der Waals surface area contributed by atoms with Gasteiger partial charge in [-0.2, -0.15) is 0 Å². The third-order valence-electron chi connectivity index (χ3n) is 7.93. The number of fused-ring (bicyclic) bond motifs is 3. The Morgan fingerprint density at radius 3 is 2.43 bits per heavy atom. The van der Waals surface area contributed by atoms with Crippen molar-refractivity contribution in [2.45, 2.75) is 44.6 Å². The van der Waals surface area contributed by atoms with Gasteiger partial charge in [0.15, 0.2) is 17.0 Å². The molecule has 190 valence electrons. The maximum atomic E-state index is 14.0. The molecule has 7 rings (SSSR count). The molecule has 37 heavy (non-hydrogen) atoms. The molecule has 3 saturated heterocycles. The summed E-state index contributed by atoms with van der Waals surface area (Å²) in [6.45, 7) is 7.37. The van der Waals surface area contributed by atoms with E-state index >= 15 is 0 Å². The molecule has 2 atom stereocenters. The monoisotopic (exact) mass is 500 g/mol. The highest BCUT2D eigenvalue weighted by Gasteiger charge is 2.46. The van der Waals surface area contributed by atoms with E-state index in [4.69, 9.17) is 10.5 Å². The van der Waals surface area contributed by atoms with Crippen molar-refractivity contribution < 1.29 is 9.13 Å². The Morgan fingerprint density at radius 1 is 0.973 bits per heavy atom. The predicted molar refractivity (Wildman–Crippen MR) is 137 cm³/mol. The van der Waals surface area contributed by atoms with Crippen LogP contribution in [0.15, 0.2) is 42.7 Å². The third-order valence-corrected chi connectivity index (χ3v) is 7.93. The highest BCUT2D eigenvalue weighted by Crippen LogP contribution is 2.35. The smallest absolute Gasteiger partial charge is 0.166 e. The van der Waals surface area contributed by atoms with Gasteiger partial charge in [0.25, 0.3) is 0 Å². The van der Waals surface area contributed by atoms with E-state index < -0.39 is 5.82 Å². The zero-order valence-electron chi connectivity index (χ0n) is 20.7. The number of nitrogens with zero attached hydrogens (tertiary/aromatic N) is 7. The fourth-order valence-electron chi connectivity index (χ4n) is 6.04. The Labute approximate surface area is 214 Å². The van der Waals surface area contributed by atoms with Crippen molar-refractivity contribution in [2.24, 2.45) is 0 Å². The Bertz CT molecular complexity index is 1470. The van der Waals surface area contributed by atoms with E-state index in [1.165, 1.54) is 24.2 Å². The number of nitrogen functional groups attached to an aromatic ring is 1. The van der Waals surface area contributed by atoms with Gasteiger partial charge in [-0.3, -0.25) is 14.8 Å². The lowest BCUT2D eigenvalue weighted by Gasteiger charge is -2.42. The maximum Gasteiger partial charge on any atom is 0.166 e. The van der Waals surface area contributed by atoms with Gasteiger partial charge in [-0.1, -0.05) is 24.3 Å². The number of aromatic nitrogens is 5. The van der Waals surface area contributed by atoms with Crippen LogP contribution in [0.25, 0.3) is 22.6 Å². The summed E-state index contributed by atoms with van der Waals surface area (Å²) in [6.07, 6.45) is 4.05. The number of rotatable bonds is 6. The van der Waals surface area contributed by atoms with Gasteiger partial charge in [0.05, 0.1) is 32.0 Å². The summed E-state index contributed by atoms with van der Waals surface area (Å²) in [6, 6.07) is 12.1. The van der Waals surface area contributed by atoms with E-state index in [1.54, 1.807) is 13.1 Å². The van der Waals surface area contributed by atoms with Crippen LogP contribution in [0.5, 0.6) is 0 Å². The zero-order valence-corrected chi connectivity index (χ0v) is 20.7. The number of ether oxygens (including phenoxy) is 1. The van der Waals surface area contributed by atoms with Gasteiger partial charge < -0.3 is 15.0 Å². The summed E-state index contributed by atoms with van der Waals surface area (Å²) in [5, 5.41) is 0. The first kappa shape index (κ1) is 22.7. The summed E-state index contributed by atoms with van der Waals surface area (Å²) in [5.74, 6) is 1.02. The second-order valence-electron chi connectivity index (χ2n) is 10.4. The van der Waals surface area contributed by atoms with E-state index in [9.17, 15) is 4.39 Å². The molecule has 4 aromatic rings. The zero-order chi connectivity index (χ0) is 25.1. The number of anilines is 1. The second-order valence-corrected chi connectivity index (χ2v) is 10.4. The Kier molecular flexibility index (Phi) is 5.42. The second kappa shape index (κ2) is 8.83. The molecule has 9 nitrogen and oxygen atoms in total. The molecule has 0 amide bonds. The summed E-state index contributed by atoms with van der Waals surface area (Å²) < 4.78 is 21.4. The van der Waals surface area contributed by atoms with Crippen molar-refractivity contribution in [2.75, 3.05) is 32.0 Å². The number of likely N-dealkylation sites (tertiary alicyclic amines) is 2. The van der Waals surface area contributed by atoms with Crippen LogP contribution in [0.1, 0.15) is 23.4 Å².